The average molecular weight is 371 g/mol. The predicted octanol–water partition coefficient (Wildman–Crippen LogP) is 6.98. The Morgan fingerprint density at radius 2 is 1.00 bits per heavy atom. The van der Waals surface area contributed by atoms with E-state index < -0.39 is 11.9 Å². The lowest BCUT2D eigenvalue weighted by molar-refractivity contribution is -0.137. The van der Waals surface area contributed by atoms with Crippen molar-refractivity contribution in [1.29, 1.82) is 0 Å². The molecule has 0 aliphatic carbocycles. The minimum atomic E-state index is -0.829. The molecule has 0 spiro atoms. The normalized spacial score (nSPS) is 10.0. The lowest BCUT2D eigenvalue weighted by Gasteiger charge is -2.03. The molecule has 0 aliphatic rings. The SMILES string of the molecule is C=CCC(=O)O.CCCCCCCCCCCCCCCCCC(=O)O. The average Bonchev–Trinajstić information content (AvgIpc) is 2.58. The molecular weight excluding hydrogens is 328 g/mol. The van der Waals surface area contributed by atoms with Crippen LogP contribution in [0, 0.1) is 0 Å². The van der Waals surface area contributed by atoms with Crippen molar-refractivity contribution in [1.82, 2.24) is 0 Å². The van der Waals surface area contributed by atoms with E-state index in [4.69, 9.17) is 10.2 Å². The predicted molar refractivity (Wildman–Crippen MR) is 110 cm³/mol. The van der Waals surface area contributed by atoms with Gasteiger partial charge in [-0.1, -0.05) is 103 Å². The first-order valence-corrected chi connectivity index (χ1v) is 10.6. The van der Waals surface area contributed by atoms with Gasteiger partial charge in [0.2, 0.25) is 0 Å². The van der Waals surface area contributed by atoms with Crippen molar-refractivity contribution in [2.45, 2.75) is 116 Å². The summed E-state index contributed by atoms with van der Waals surface area (Å²) >= 11 is 0. The van der Waals surface area contributed by atoms with E-state index in [9.17, 15) is 9.59 Å². The lowest BCUT2D eigenvalue weighted by Crippen LogP contribution is -1.93. The van der Waals surface area contributed by atoms with Gasteiger partial charge in [0.05, 0.1) is 6.42 Å². The smallest absolute Gasteiger partial charge is 0.307 e. The molecule has 0 aliphatic heterocycles. The Labute approximate surface area is 161 Å². The third-order valence-corrected chi connectivity index (χ3v) is 4.31. The molecule has 0 rings (SSSR count). The maximum atomic E-state index is 10.3. The van der Waals surface area contributed by atoms with Gasteiger partial charge in [0.25, 0.3) is 0 Å². The van der Waals surface area contributed by atoms with Gasteiger partial charge in [0.15, 0.2) is 0 Å². The van der Waals surface area contributed by atoms with E-state index in [-0.39, 0.29) is 6.42 Å². The summed E-state index contributed by atoms with van der Waals surface area (Å²) in [6.07, 6.45) is 21.6. The Kier molecular flexibility index (Phi) is 24.5. The summed E-state index contributed by atoms with van der Waals surface area (Å²) in [6, 6.07) is 0. The molecule has 0 saturated carbocycles. The van der Waals surface area contributed by atoms with Crippen LogP contribution in [-0.4, -0.2) is 22.2 Å². The number of carboxylic acids is 2. The molecule has 4 nitrogen and oxygen atoms in total. The van der Waals surface area contributed by atoms with Crippen LogP contribution in [0.1, 0.15) is 116 Å². The summed E-state index contributed by atoms with van der Waals surface area (Å²) in [5.41, 5.74) is 0. The highest BCUT2D eigenvalue weighted by Crippen LogP contribution is 2.13. The number of unbranched alkanes of at least 4 members (excludes halogenated alkanes) is 14. The minimum Gasteiger partial charge on any atom is -0.481 e. The number of carboxylic acid groups (broad SMARTS) is 2. The molecule has 0 aromatic carbocycles. The van der Waals surface area contributed by atoms with Crippen molar-refractivity contribution in [3.05, 3.63) is 12.7 Å². The molecule has 26 heavy (non-hydrogen) atoms. The first kappa shape index (κ1) is 26.9. The van der Waals surface area contributed by atoms with Crippen molar-refractivity contribution in [2.24, 2.45) is 0 Å². The second-order valence-electron chi connectivity index (χ2n) is 6.98. The fraction of sp³-hybridized carbons (Fsp3) is 0.818. The van der Waals surface area contributed by atoms with Crippen molar-refractivity contribution in [3.63, 3.8) is 0 Å². The maximum Gasteiger partial charge on any atom is 0.307 e. The summed E-state index contributed by atoms with van der Waals surface area (Å²) in [5.74, 6) is -1.48. The third-order valence-electron chi connectivity index (χ3n) is 4.31. The van der Waals surface area contributed by atoms with Gasteiger partial charge in [-0.2, -0.15) is 0 Å². The third kappa shape index (κ3) is 30.5. The molecule has 0 unspecified atom stereocenters. The summed E-state index contributed by atoms with van der Waals surface area (Å²) in [7, 11) is 0. The van der Waals surface area contributed by atoms with Crippen LogP contribution < -0.4 is 0 Å². The molecule has 154 valence electrons. The molecular formula is C22H42O4. The number of rotatable bonds is 18. The van der Waals surface area contributed by atoms with E-state index in [0.717, 1.165) is 12.8 Å². The lowest BCUT2D eigenvalue weighted by atomic mass is 10.0. The van der Waals surface area contributed by atoms with Gasteiger partial charge in [-0.05, 0) is 6.42 Å². The van der Waals surface area contributed by atoms with Crippen molar-refractivity contribution >= 4 is 11.9 Å². The van der Waals surface area contributed by atoms with E-state index in [1.54, 1.807) is 0 Å². The zero-order valence-electron chi connectivity index (χ0n) is 17.0. The highest BCUT2D eigenvalue weighted by Gasteiger charge is 1.97. The topological polar surface area (TPSA) is 74.6 Å². The molecule has 0 saturated heterocycles. The van der Waals surface area contributed by atoms with Crippen molar-refractivity contribution in [3.8, 4) is 0 Å². The molecule has 0 radical (unpaired) electrons. The summed E-state index contributed by atoms with van der Waals surface area (Å²) in [5, 5.41) is 16.4. The quantitative estimate of drug-likeness (QED) is 0.201. The van der Waals surface area contributed by atoms with E-state index in [1.165, 1.54) is 89.5 Å². The highest BCUT2D eigenvalue weighted by molar-refractivity contribution is 5.68. The number of carbonyl (C=O) groups is 2. The fourth-order valence-corrected chi connectivity index (χ4v) is 2.77. The number of aliphatic carboxylic acids is 2. The Hall–Kier alpha value is -1.32. The van der Waals surface area contributed by atoms with Crippen LogP contribution in [0.3, 0.4) is 0 Å². The molecule has 0 fully saturated rings. The van der Waals surface area contributed by atoms with E-state index in [2.05, 4.69) is 13.5 Å². The molecule has 0 atom stereocenters. The number of hydrogen-bond acceptors (Lipinski definition) is 2. The second kappa shape index (κ2) is 23.7. The van der Waals surface area contributed by atoms with Gasteiger partial charge in [-0.3, -0.25) is 9.59 Å². The van der Waals surface area contributed by atoms with Crippen LogP contribution in [0.25, 0.3) is 0 Å². The van der Waals surface area contributed by atoms with Gasteiger partial charge in [0.1, 0.15) is 0 Å². The van der Waals surface area contributed by atoms with E-state index in [1.807, 2.05) is 0 Å². The Morgan fingerprint density at radius 3 is 1.23 bits per heavy atom. The molecule has 0 bridgehead atoms. The minimum absolute atomic E-state index is 0.0556. The van der Waals surface area contributed by atoms with Gasteiger partial charge < -0.3 is 10.2 Å². The second-order valence-corrected chi connectivity index (χ2v) is 6.98. The zero-order valence-corrected chi connectivity index (χ0v) is 17.0. The first-order valence-electron chi connectivity index (χ1n) is 10.6. The van der Waals surface area contributed by atoms with Crippen LogP contribution in [0.5, 0.6) is 0 Å². The molecule has 0 aromatic rings. The van der Waals surface area contributed by atoms with E-state index >= 15 is 0 Å². The Balaban J connectivity index is 0. The van der Waals surface area contributed by atoms with Crippen molar-refractivity contribution in [2.75, 3.05) is 0 Å². The number of hydrogen-bond donors (Lipinski definition) is 2. The fourth-order valence-electron chi connectivity index (χ4n) is 2.77. The van der Waals surface area contributed by atoms with Gasteiger partial charge in [0, 0.05) is 6.42 Å². The first-order chi connectivity index (χ1) is 12.5. The zero-order chi connectivity index (χ0) is 19.9. The van der Waals surface area contributed by atoms with Crippen LogP contribution in [-0.2, 0) is 9.59 Å². The maximum absolute atomic E-state index is 10.3. The molecule has 0 aromatic heterocycles. The van der Waals surface area contributed by atoms with Crippen LogP contribution in [0.15, 0.2) is 12.7 Å². The van der Waals surface area contributed by atoms with Crippen molar-refractivity contribution < 1.29 is 19.8 Å². The largest absolute Gasteiger partial charge is 0.481 e. The highest BCUT2D eigenvalue weighted by atomic mass is 16.4. The molecule has 4 heteroatoms. The molecule has 0 amide bonds. The Morgan fingerprint density at radius 1 is 0.654 bits per heavy atom. The van der Waals surface area contributed by atoms with Crippen LogP contribution in [0.4, 0.5) is 0 Å². The Bertz CT molecular complexity index is 326. The van der Waals surface area contributed by atoms with Gasteiger partial charge in [-0.15, -0.1) is 6.58 Å². The summed E-state index contributed by atoms with van der Waals surface area (Å²) < 4.78 is 0. The van der Waals surface area contributed by atoms with Gasteiger partial charge in [-0.25, -0.2) is 0 Å². The summed E-state index contributed by atoms with van der Waals surface area (Å²) in [4.78, 5) is 19.9. The molecule has 2 N–H and O–H groups in total. The van der Waals surface area contributed by atoms with E-state index in [0.29, 0.717) is 6.42 Å². The van der Waals surface area contributed by atoms with Crippen LogP contribution in [0.2, 0.25) is 0 Å². The van der Waals surface area contributed by atoms with Crippen LogP contribution >= 0.6 is 0 Å². The standard InChI is InChI=1S/C18H36O2.C4H6O2/c1-2-3-4-5-6-7-8-9-10-11-12-13-14-15-16-17-18(19)20;1-2-3-4(5)6/h2-17H2,1H3,(H,19,20);2H,1,3H2,(H,5,6). The van der Waals surface area contributed by atoms with Gasteiger partial charge >= 0.3 is 11.9 Å². The molecule has 0 heterocycles. The summed E-state index contributed by atoms with van der Waals surface area (Å²) in [6.45, 7) is 5.49. The monoisotopic (exact) mass is 370 g/mol.